The van der Waals surface area contributed by atoms with Gasteiger partial charge in [-0.1, -0.05) is 0 Å². The lowest BCUT2D eigenvalue weighted by Gasteiger charge is -2.16. The minimum Gasteiger partial charge on any atom is -0.425 e. The fourth-order valence-corrected chi connectivity index (χ4v) is 1.10. The Labute approximate surface area is 108 Å². The smallest absolute Gasteiger partial charge is 0.330 e. The number of anilines is 1. The third-order valence-corrected chi connectivity index (χ3v) is 2.29. The summed E-state index contributed by atoms with van der Waals surface area (Å²) in [6.45, 7) is 3.16. The SMILES string of the molecule is CC(C)(N)C(=O)Oc1ccc(NC(=N)NP)cc1. The van der Waals surface area contributed by atoms with Crippen LogP contribution in [0.4, 0.5) is 5.69 Å². The van der Waals surface area contributed by atoms with Crippen molar-refractivity contribution in [1.82, 2.24) is 5.09 Å². The van der Waals surface area contributed by atoms with Gasteiger partial charge < -0.3 is 20.9 Å². The molecule has 0 aliphatic heterocycles. The Morgan fingerprint density at radius 2 is 1.94 bits per heavy atom. The van der Waals surface area contributed by atoms with Crippen molar-refractivity contribution in [2.24, 2.45) is 5.73 Å². The first-order valence-corrected chi connectivity index (χ1v) is 5.84. The molecule has 1 unspecified atom stereocenters. The van der Waals surface area contributed by atoms with E-state index in [1.54, 1.807) is 38.1 Å². The largest absolute Gasteiger partial charge is 0.425 e. The van der Waals surface area contributed by atoms with E-state index in [4.69, 9.17) is 15.9 Å². The number of ether oxygens (including phenoxy) is 1. The van der Waals surface area contributed by atoms with Crippen LogP contribution in [0.3, 0.4) is 0 Å². The summed E-state index contributed by atoms with van der Waals surface area (Å²) in [4.78, 5) is 11.5. The monoisotopic (exact) mass is 268 g/mol. The lowest BCUT2D eigenvalue weighted by Crippen LogP contribution is -2.44. The predicted molar refractivity (Wildman–Crippen MR) is 74.5 cm³/mol. The highest BCUT2D eigenvalue weighted by molar-refractivity contribution is 7.15. The van der Waals surface area contributed by atoms with Crippen LogP contribution in [-0.4, -0.2) is 17.5 Å². The summed E-state index contributed by atoms with van der Waals surface area (Å²) in [6.07, 6.45) is 0. The fourth-order valence-electron chi connectivity index (χ4n) is 1.03. The minimum atomic E-state index is -1.03. The van der Waals surface area contributed by atoms with Gasteiger partial charge in [0.15, 0.2) is 5.96 Å². The highest BCUT2D eigenvalue weighted by Gasteiger charge is 2.24. The molecule has 7 heteroatoms. The fraction of sp³-hybridized carbons (Fsp3) is 0.273. The van der Waals surface area contributed by atoms with Crippen LogP contribution in [0.2, 0.25) is 0 Å². The summed E-state index contributed by atoms with van der Waals surface area (Å²) >= 11 is 0. The molecule has 5 N–H and O–H groups in total. The number of benzene rings is 1. The van der Waals surface area contributed by atoms with Gasteiger partial charge in [-0.3, -0.25) is 5.41 Å². The van der Waals surface area contributed by atoms with E-state index < -0.39 is 11.5 Å². The number of esters is 1. The predicted octanol–water partition coefficient (Wildman–Crippen LogP) is 1.06. The quantitative estimate of drug-likeness (QED) is 0.216. The maximum Gasteiger partial charge on any atom is 0.330 e. The number of nitrogens with two attached hydrogens (primary N) is 1. The topological polar surface area (TPSA) is 100 Å². The third-order valence-electron chi connectivity index (χ3n) is 2.00. The van der Waals surface area contributed by atoms with E-state index in [1.165, 1.54) is 0 Å². The maximum atomic E-state index is 11.5. The highest BCUT2D eigenvalue weighted by atomic mass is 31.0. The standard InChI is InChI=1S/C11H17N4O2P/c1-11(2,13)9(16)17-8-5-3-7(4-6-8)14-10(12)15-18/h3-6H,13,18H2,1-2H3,(H3,12,14,15). The van der Waals surface area contributed by atoms with Gasteiger partial charge in [0.2, 0.25) is 0 Å². The molecule has 98 valence electrons. The molecule has 18 heavy (non-hydrogen) atoms. The average molecular weight is 268 g/mol. The van der Waals surface area contributed by atoms with Crippen molar-refractivity contribution in [2.75, 3.05) is 5.32 Å². The van der Waals surface area contributed by atoms with Crippen molar-refractivity contribution < 1.29 is 9.53 Å². The van der Waals surface area contributed by atoms with Gasteiger partial charge in [-0.15, -0.1) is 0 Å². The second-order valence-electron chi connectivity index (χ2n) is 4.28. The summed E-state index contributed by atoms with van der Waals surface area (Å²) in [6, 6.07) is 6.65. The zero-order valence-electron chi connectivity index (χ0n) is 10.3. The molecule has 1 atom stereocenters. The molecule has 0 radical (unpaired) electrons. The van der Waals surface area contributed by atoms with Crippen LogP contribution in [-0.2, 0) is 4.79 Å². The summed E-state index contributed by atoms with van der Waals surface area (Å²) in [5.74, 6) is 0.0600. The zero-order chi connectivity index (χ0) is 13.8. The van der Waals surface area contributed by atoms with E-state index in [2.05, 4.69) is 19.8 Å². The van der Waals surface area contributed by atoms with E-state index in [0.29, 0.717) is 11.4 Å². The Kier molecular flexibility index (Phi) is 4.64. The molecule has 0 saturated heterocycles. The van der Waals surface area contributed by atoms with Crippen LogP contribution >= 0.6 is 9.39 Å². The molecule has 1 rings (SSSR count). The molecular formula is C11H17N4O2P. The number of nitrogens with one attached hydrogen (secondary N) is 3. The van der Waals surface area contributed by atoms with Crippen LogP contribution in [0.15, 0.2) is 24.3 Å². The van der Waals surface area contributed by atoms with Gasteiger partial charge >= 0.3 is 5.97 Å². The van der Waals surface area contributed by atoms with Crippen LogP contribution in [0.5, 0.6) is 5.75 Å². The molecule has 0 heterocycles. The lowest BCUT2D eigenvalue weighted by molar-refractivity contribution is -0.139. The summed E-state index contributed by atoms with van der Waals surface area (Å²) in [5.41, 5.74) is 5.30. The van der Waals surface area contributed by atoms with E-state index in [0.717, 1.165) is 0 Å². The molecule has 0 aliphatic rings. The first-order chi connectivity index (χ1) is 8.32. The average Bonchev–Trinajstić information content (AvgIpc) is 2.30. The summed E-state index contributed by atoms with van der Waals surface area (Å²) < 4.78 is 5.10. The molecule has 0 bridgehead atoms. The number of rotatable bonds is 3. The van der Waals surface area contributed by atoms with Crippen molar-refractivity contribution >= 4 is 27.0 Å². The Morgan fingerprint density at radius 1 is 1.39 bits per heavy atom. The maximum absolute atomic E-state index is 11.5. The van der Waals surface area contributed by atoms with E-state index in [1.807, 2.05) is 0 Å². The third kappa shape index (κ3) is 4.31. The second-order valence-corrected chi connectivity index (χ2v) is 4.57. The van der Waals surface area contributed by atoms with Crippen molar-refractivity contribution in [3.05, 3.63) is 24.3 Å². The van der Waals surface area contributed by atoms with E-state index >= 15 is 0 Å². The molecule has 1 aromatic carbocycles. The van der Waals surface area contributed by atoms with Gasteiger partial charge in [0.05, 0.1) is 0 Å². The van der Waals surface area contributed by atoms with Gasteiger partial charge in [0, 0.05) is 5.69 Å². The first kappa shape index (κ1) is 14.4. The van der Waals surface area contributed by atoms with Gasteiger partial charge in [-0.25, -0.2) is 4.79 Å². The van der Waals surface area contributed by atoms with Crippen LogP contribution in [0.25, 0.3) is 0 Å². The number of carbonyl (C=O) groups excluding carboxylic acids is 1. The van der Waals surface area contributed by atoms with Crippen LogP contribution in [0.1, 0.15) is 13.8 Å². The first-order valence-electron chi connectivity index (χ1n) is 5.26. The number of hydrogen-bond acceptors (Lipinski definition) is 4. The van der Waals surface area contributed by atoms with Crippen molar-refractivity contribution in [2.45, 2.75) is 19.4 Å². The molecule has 0 spiro atoms. The van der Waals surface area contributed by atoms with Gasteiger partial charge in [0.1, 0.15) is 11.3 Å². The van der Waals surface area contributed by atoms with Crippen molar-refractivity contribution in [1.29, 1.82) is 5.41 Å². The lowest BCUT2D eigenvalue weighted by atomic mass is 10.1. The second kappa shape index (κ2) is 5.80. The molecule has 0 amide bonds. The van der Waals surface area contributed by atoms with E-state index in [-0.39, 0.29) is 5.96 Å². The van der Waals surface area contributed by atoms with Gasteiger partial charge in [-0.2, -0.15) is 0 Å². The Bertz CT molecular complexity index is 439. The minimum absolute atomic E-state index is 0.146. The van der Waals surface area contributed by atoms with E-state index in [9.17, 15) is 4.79 Å². The summed E-state index contributed by atoms with van der Waals surface area (Å²) in [7, 11) is 2.21. The molecule has 0 saturated carbocycles. The normalized spacial score (nSPS) is 10.7. The number of guanidine groups is 1. The number of carbonyl (C=O) groups is 1. The van der Waals surface area contributed by atoms with Crippen LogP contribution in [0, 0.1) is 5.41 Å². The molecule has 0 fully saturated rings. The zero-order valence-corrected chi connectivity index (χ0v) is 11.4. The van der Waals surface area contributed by atoms with Crippen molar-refractivity contribution in [3.8, 4) is 5.75 Å². The van der Waals surface area contributed by atoms with Gasteiger partial charge in [-0.05, 0) is 47.5 Å². The Hall–Kier alpha value is -1.65. The highest BCUT2D eigenvalue weighted by Crippen LogP contribution is 2.17. The van der Waals surface area contributed by atoms with Gasteiger partial charge in [0.25, 0.3) is 0 Å². The molecule has 0 aromatic heterocycles. The Balaban J connectivity index is 2.66. The summed E-state index contributed by atoms with van der Waals surface area (Å²) in [5, 5.41) is 12.7. The van der Waals surface area contributed by atoms with Crippen LogP contribution < -0.4 is 20.9 Å². The number of hydrogen-bond donors (Lipinski definition) is 4. The molecular weight excluding hydrogens is 251 g/mol. The van der Waals surface area contributed by atoms with Crippen molar-refractivity contribution in [3.63, 3.8) is 0 Å². The molecule has 6 nitrogen and oxygen atoms in total. The Morgan fingerprint density at radius 3 is 2.39 bits per heavy atom. The molecule has 0 aliphatic carbocycles. The molecule has 1 aromatic rings.